The summed E-state index contributed by atoms with van der Waals surface area (Å²) in [6.07, 6.45) is 1.83. The molecule has 0 radical (unpaired) electrons. The van der Waals surface area contributed by atoms with Crippen molar-refractivity contribution >= 4 is 43.5 Å². The molecule has 0 amide bonds. The van der Waals surface area contributed by atoms with E-state index in [1.54, 1.807) is 0 Å². The number of hydrogen-bond acceptors (Lipinski definition) is 5. The minimum atomic E-state index is 0.622. The van der Waals surface area contributed by atoms with E-state index in [1.807, 2.05) is 72.9 Å². The van der Waals surface area contributed by atoms with Crippen molar-refractivity contribution in [2.75, 3.05) is 0 Å². The van der Waals surface area contributed by atoms with Crippen LogP contribution >= 0.6 is 0 Å². The molecule has 0 atom stereocenters. The zero-order valence-corrected chi connectivity index (χ0v) is 24.1. The lowest BCUT2D eigenvalue weighted by molar-refractivity contribution is 0.669. The molecular weight excluding hydrogens is 552 g/mol. The minimum Gasteiger partial charge on any atom is -0.456 e. The highest BCUT2D eigenvalue weighted by molar-refractivity contribution is 6.17. The Bertz CT molecular complexity index is 2480. The van der Waals surface area contributed by atoms with Gasteiger partial charge in [-0.3, -0.25) is 4.98 Å². The number of pyridine rings is 1. The minimum absolute atomic E-state index is 0.622. The van der Waals surface area contributed by atoms with E-state index < -0.39 is 0 Å². The second-order valence-electron chi connectivity index (χ2n) is 11.1. The molecule has 0 N–H and O–H groups in total. The van der Waals surface area contributed by atoms with Crippen LogP contribution in [0.25, 0.3) is 88.9 Å². The quantitative estimate of drug-likeness (QED) is 0.209. The molecule has 9 rings (SSSR count). The van der Waals surface area contributed by atoms with Crippen molar-refractivity contribution in [3.05, 3.63) is 146 Å². The van der Waals surface area contributed by atoms with Crippen molar-refractivity contribution in [1.29, 1.82) is 0 Å². The molecule has 9 aromatic rings. The molecule has 0 saturated carbocycles. The molecule has 5 nitrogen and oxygen atoms in total. The highest BCUT2D eigenvalue weighted by atomic mass is 16.3. The third-order valence-corrected chi connectivity index (χ3v) is 8.37. The fourth-order valence-electron chi connectivity index (χ4n) is 6.25. The molecule has 0 aliphatic carbocycles. The summed E-state index contributed by atoms with van der Waals surface area (Å²) < 4.78 is 6.37. The van der Waals surface area contributed by atoms with Gasteiger partial charge in [0.25, 0.3) is 0 Å². The first-order chi connectivity index (χ1) is 22.3. The van der Waals surface area contributed by atoms with Gasteiger partial charge in [0.15, 0.2) is 17.5 Å². The molecular formula is C40H24N4O. The molecule has 3 heterocycles. The van der Waals surface area contributed by atoms with Crippen LogP contribution in [0.2, 0.25) is 0 Å². The first kappa shape index (κ1) is 25.3. The third-order valence-electron chi connectivity index (χ3n) is 8.37. The number of rotatable bonds is 4. The number of hydrogen-bond donors (Lipinski definition) is 0. The van der Waals surface area contributed by atoms with E-state index in [1.165, 1.54) is 5.39 Å². The monoisotopic (exact) mass is 576 g/mol. The summed E-state index contributed by atoms with van der Waals surface area (Å²) in [5.41, 5.74) is 6.39. The van der Waals surface area contributed by atoms with Crippen LogP contribution in [-0.4, -0.2) is 19.9 Å². The topological polar surface area (TPSA) is 64.7 Å². The molecule has 0 unspecified atom stereocenters. The predicted octanol–water partition coefficient (Wildman–Crippen LogP) is 10.1. The average molecular weight is 577 g/mol. The lowest BCUT2D eigenvalue weighted by Crippen LogP contribution is -2.00. The van der Waals surface area contributed by atoms with Crippen molar-refractivity contribution in [2.45, 2.75) is 0 Å². The lowest BCUT2D eigenvalue weighted by atomic mass is 9.95. The van der Waals surface area contributed by atoms with Crippen molar-refractivity contribution in [2.24, 2.45) is 0 Å². The summed E-state index contributed by atoms with van der Waals surface area (Å²) in [7, 11) is 0. The van der Waals surface area contributed by atoms with Crippen LogP contribution in [-0.2, 0) is 0 Å². The van der Waals surface area contributed by atoms with Gasteiger partial charge in [-0.1, -0.05) is 121 Å². The number of benzene rings is 6. The van der Waals surface area contributed by atoms with Gasteiger partial charge < -0.3 is 4.42 Å². The summed E-state index contributed by atoms with van der Waals surface area (Å²) in [6.45, 7) is 0. The van der Waals surface area contributed by atoms with Gasteiger partial charge in [-0.05, 0) is 39.7 Å². The second kappa shape index (κ2) is 10.2. The van der Waals surface area contributed by atoms with Gasteiger partial charge in [0.2, 0.25) is 0 Å². The molecule has 45 heavy (non-hydrogen) atoms. The normalized spacial score (nSPS) is 11.6. The molecule has 0 fully saturated rings. The molecule has 0 saturated heterocycles. The fraction of sp³-hybridized carbons (Fsp3) is 0. The van der Waals surface area contributed by atoms with Crippen LogP contribution in [0.3, 0.4) is 0 Å². The van der Waals surface area contributed by atoms with Crippen LogP contribution in [0, 0.1) is 0 Å². The smallest absolute Gasteiger partial charge is 0.164 e. The Labute approximate surface area is 258 Å². The molecule has 5 heteroatoms. The van der Waals surface area contributed by atoms with E-state index in [0.717, 1.165) is 66.0 Å². The van der Waals surface area contributed by atoms with E-state index in [2.05, 4.69) is 72.8 Å². The highest BCUT2D eigenvalue weighted by Gasteiger charge is 2.19. The Morgan fingerprint density at radius 3 is 1.69 bits per heavy atom. The van der Waals surface area contributed by atoms with Crippen molar-refractivity contribution < 1.29 is 4.42 Å². The zero-order chi connectivity index (χ0) is 29.7. The Morgan fingerprint density at radius 2 is 1.00 bits per heavy atom. The SMILES string of the molecule is c1ccc(-c2nc(-c3ccccc3)nc(-c3cccc4c(-c5nccc6oc7cc8ccccc8cc7c56)cccc34)n2)cc1. The van der Waals surface area contributed by atoms with Gasteiger partial charge in [-0.2, -0.15) is 0 Å². The van der Waals surface area contributed by atoms with E-state index in [9.17, 15) is 0 Å². The molecule has 0 spiro atoms. The van der Waals surface area contributed by atoms with E-state index in [4.69, 9.17) is 24.4 Å². The number of nitrogens with zero attached hydrogens (tertiary/aromatic N) is 4. The van der Waals surface area contributed by atoms with Crippen molar-refractivity contribution in [3.63, 3.8) is 0 Å². The summed E-state index contributed by atoms with van der Waals surface area (Å²) in [5.74, 6) is 1.89. The Morgan fingerprint density at radius 1 is 0.422 bits per heavy atom. The number of aromatic nitrogens is 4. The van der Waals surface area contributed by atoms with Crippen LogP contribution in [0.5, 0.6) is 0 Å². The van der Waals surface area contributed by atoms with Crippen molar-refractivity contribution in [3.8, 4) is 45.4 Å². The van der Waals surface area contributed by atoms with E-state index in [0.29, 0.717) is 17.5 Å². The molecule has 6 aromatic carbocycles. The summed E-state index contributed by atoms with van der Waals surface area (Å²) in [6, 6.07) is 47.4. The Balaban J connectivity index is 1.28. The molecule has 3 aromatic heterocycles. The van der Waals surface area contributed by atoms with Crippen LogP contribution in [0.15, 0.2) is 150 Å². The van der Waals surface area contributed by atoms with Gasteiger partial charge in [0.05, 0.1) is 11.1 Å². The maximum Gasteiger partial charge on any atom is 0.164 e. The number of furan rings is 1. The lowest BCUT2D eigenvalue weighted by Gasteiger charge is -2.12. The van der Waals surface area contributed by atoms with Crippen LogP contribution < -0.4 is 0 Å². The van der Waals surface area contributed by atoms with Crippen LogP contribution in [0.4, 0.5) is 0 Å². The van der Waals surface area contributed by atoms with Gasteiger partial charge in [-0.15, -0.1) is 0 Å². The molecule has 0 aliphatic heterocycles. The standard InChI is InChI=1S/C40H24N4O/c1-3-11-25(12-4-1)38-42-39(26-13-5-2-6-14-26)44-40(43-38)32-20-10-17-29-30(32)18-9-19-31(29)37-36-33-23-27-15-7-8-16-28(27)24-35(33)45-34(36)21-22-41-37/h1-24H. The summed E-state index contributed by atoms with van der Waals surface area (Å²) >= 11 is 0. The highest BCUT2D eigenvalue weighted by Crippen LogP contribution is 2.40. The number of fused-ring (bicyclic) bond motifs is 5. The average Bonchev–Trinajstić information content (AvgIpc) is 3.48. The largest absolute Gasteiger partial charge is 0.456 e. The van der Waals surface area contributed by atoms with Crippen molar-refractivity contribution in [1.82, 2.24) is 19.9 Å². The molecule has 0 bridgehead atoms. The summed E-state index contributed by atoms with van der Waals surface area (Å²) in [4.78, 5) is 19.8. The fourth-order valence-corrected chi connectivity index (χ4v) is 6.25. The zero-order valence-electron chi connectivity index (χ0n) is 24.1. The Kier molecular flexibility index (Phi) is 5.74. The molecule has 210 valence electrons. The maximum absolute atomic E-state index is 6.37. The molecule has 0 aliphatic rings. The second-order valence-corrected chi connectivity index (χ2v) is 11.1. The third kappa shape index (κ3) is 4.25. The summed E-state index contributed by atoms with van der Waals surface area (Å²) in [5, 5.41) is 6.48. The van der Waals surface area contributed by atoms with E-state index >= 15 is 0 Å². The van der Waals surface area contributed by atoms with Gasteiger partial charge in [0.1, 0.15) is 11.2 Å². The maximum atomic E-state index is 6.37. The van der Waals surface area contributed by atoms with Crippen LogP contribution in [0.1, 0.15) is 0 Å². The Hall–Kier alpha value is -6.20. The van der Waals surface area contributed by atoms with Gasteiger partial charge >= 0.3 is 0 Å². The van der Waals surface area contributed by atoms with Gasteiger partial charge in [0, 0.05) is 33.8 Å². The van der Waals surface area contributed by atoms with E-state index in [-0.39, 0.29) is 0 Å². The predicted molar refractivity (Wildman–Crippen MR) is 182 cm³/mol. The first-order valence-corrected chi connectivity index (χ1v) is 14.9. The van der Waals surface area contributed by atoms with Gasteiger partial charge in [-0.25, -0.2) is 15.0 Å². The first-order valence-electron chi connectivity index (χ1n) is 14.9.